The Bertz CT molecular complexity index is 628. The first-order chi connectivity index (χ1) is 11.6. The fourth-order valence-corrected chi connectivity index (χ4v) is 2.25. The average Bonchev–Trinajstić information content (AvgIpc) is 3.13. The van der Waals surface area contributed by atoms with Gasteiger partial charge in [0.05, 0.1) is 12.5 Å². The van der Waals surface area contributed by atoms with Gasteiger partial charge in [0.1, 0.15) is 18.5 Å². The zero-order chi connectivity index (χ0) is 17.4. The van der Waals surface area contributed by atoms with Gasteiger partial charge in [-0.05, 0) is 12.1 Å². The molecular weight excluding hydrogens is 308 g/mol. The van der Waals surface area contributed by atoms with Crippen LogP contribution in [0.4, 0.5) is 0 Å². The minimum Gasteiger partial charge on any atom is -0.490 e. The molecule has 2 aromatic rings. The third-order valence-corrected chi connectivity index (χ3v) is 3.57. The number of rotatable bonds is 9. The Balaban J connectivity index is 1.92. The lowest BCUT2D eigenvalue weighted by Crippen LogP contribution is -2.46. The van der Waals surface area contributed by atoms with Crippen molar-refractivity contribution in [3.63, 3.8) is 0 Å². The molecular formula is C18H24N2O4. The number of aliphatic hydroxyl groups excluding tert-OH is 1. The van der Waals surface area contributed by atoms with E-state index in [1.54, 1.807) is 24.5 Å². The molecule has 2 N–H and O–H groups in total. The van der Waals surface area contributed by atoms with Crippen LogP contribution in [0, 0.1) is 0 Å². The van der Waals surface area contributed by atoms with Crippen molar-refractivity contribution in [2.24, 2.45) is 0 Å². The summed E-state index contributed by atoms with van der Waals surface area (Å²) in [6.45, 7) is 4.74. The summed E-state index contributed by atoms with van der Waals surface area (Å²) in [6.07, 6.45) is 2.94. The Morgan fingerprint density at radius 2 is 2.12 bits per heavy atom. The minimum absolute atomic E-state index is 0.0738. The predicted octanol–water partition coefficient (Wildman–Crippen LogP) is 2.45. The molecule has 0 aliphatic rings. The van der Waals surface area contributed by atoms with Crippen LogP contribution in [0.15, 0.2) is 47.3 Å². The maximum atomic E-state index is 11.4. The SMILES string of the molecule is CCC(=O)NN(CC)CC(O)COc1ccccc1-c1ccoc1. The fourth-order valence-electron chi connectivity index (χ4n) is 2.25. The van der Waals surface area contributed by atoms with Crippen LogP contribution in [0.3, 0.4) is 0 Å². The van der Waals surface area contributed by atoms with Gasteiger partial charge in [0.25, 0.3) is 0 Å². The molecule has 1 aromatic heterocycles. The van der Waals surface area contributed by atoms with Crippen molar-refractivity contribution < 1.29 is 19.1 Å². The summed E-state index contributed by atoms with van der Waals surface area (Å²) in [5, 5.41) is 11.9. The van der Waals surface area contributed by atoms with Crippen LogP contribution in [0.25, 0.3) is 11.1 Å². The van der Waals surface area contributed by atoms with Gasteiger partial charge in [-0.2, -0.15) is 0 Å². The van der Waals surface area contributed by atoms with Crippen LogP contribution in [-0.4, -0.2) is 41.8 Å². The number of benzene rings is 1. The lowest BCUT2D eigenvalue weighted by molar-refractivity contribution is -0.126. The van der Waals surface area contributed by atoms with Crippen molar-refractivity contribution in [1.29, 1.82) is 0 Å². The highest BCUT2D eigenvalue weighted by molar-refractivity contribution is 5.74. The summed E-state index contributed by atoms with van der Waals surface area (Å²) in [7, 11) is 0. The molecule has 0 bridgehead atoms. The number of para-hydroxylation sites is 1. The van der Waals surface area contributed by atoms with E-state index in [1.807, 2.05) is 37.3 Å². The normalized spacial score (nSPS) is 12.2. The first-order valence-corrected chi connectivity index (χ1v) is 8.10. The second-order valence-corrected chi connectivity index (χ2v) is 5.40. The number of hydrogen-bond donors (Lipinski definition) is 2. The Hall–Kier alpha value is -2.31. The van der Waals surface area contributed by atoms with E-state index in [-0.39, 0.29) is 12.5 Å². The smallest absolute Gasteiger partial charge is 0.233 e. The predicted molar refractivity (Wildman–Crippen MR) is 91.3 cm³/mol. The van der Waals surface area contributed by atoms with Crippen LogP contribution < -0.4 is 10.2 Å². The van der Waals surface area contributed by atoms with Gasteiger partial charge in [-0.25, -0.2) is 5.01 Å². The quantitative estimate of drug-likeness (QED) is 0.690. The number of likely N-dealkylation sites (N-methyl/N-ethyl adjacent to an activating group) is 1. The molecule has 0 saturated heterocycles. The molecule has 6 nitrogen and oxygen atoms in total. The lowest BCUT2D eigenvalue weighted by Gasteiger charge is -2.24. The molecule has 1 unspecified atom stereocenters. The molecule has 6 heteroatoms. The minimum atomic E-state index is -0.723. The van der Waals surface area contributed by atoms with E-state index in [0.29, 0.717) is 25.3 Å². The largest absolute Gasteiger partial charge is 0.490 e. The Kier molecular flexibility index (Phi) is 6.84. The molecule has 0 spiro atoms. The number of nitrogens with one attached hydrogen (secondary N) is 1. The molecule has 130 valence electrons. The molecule has 0 aliphatic heterocycles. The first-order valence-electron chi connectivity index (χ1n) is 8.10. The highest BCUT2D eigenvalue weighted by atomic mass is 16.5. The molecule has 0 saturated carbocycles. The van der Waals surface area contributed by atoms with E-state index in [1.165, 1.54) is 0 Å². The fraction of sp³-hybridized carbons (Fsp3) is 0.389. The van der Waals surface area contributed by atoms with E-state index in [9.17, 15) is 9.90 Å². The van der Waals surface area contributed by atoms with E-state index in [2.05, 4.69) is 5.43 Å². The van der Waals surface area contributed by atoms with Gasteiger partial charge < -0.3 is 14.3 Å². The number of aliphatic hydroxyl groups is 1. The lowest BCUT2D eigenvalue weighted by atomic mass is 10.1. The molecule has 1 atom stereocenters. The average molecular weight is 332 g/mol. The second kappa shape index (κ2) is 9.10. The summed E-state index contributed by atoms with van der Waals surface area (Å²) >= 11 is 0. The maximum absolute atomic E-state index is 11.4. The summed E-state index contributed by atoms with van der Waals surface area (Å²) in [6, 6.07) is 9.45. The zero-order valence-corrected chi connectivity index (χ0v) is 14.1. The van der Waals surface area contributed by atoms with Crippen molar-refractivity contribution >= 4 is 5.91 Å². The van der Waals surface area contributed by atoms with Gasteiger partial charge in [-0.1, -0.05) is 32.0 Å². The summed E-state index contributed by atoms with van der Waals surface area (Å²) in [5.74, 6) is 0.605. The molecule has 1 amide bonds. The van der Waals surface area contributed by atoms with Gasteiger partial charge in [0, 0.05) is 30.6 Å². The molecule has 2 rings (SSSR count). The molecule has 0 aliphatic carbocycles. The van der Waals surface area contributed by atoms with E-state index >= 15 is 0 Å². The van der Waals surface area contributed by atoms with Gasteiger partial charge in [-0.15, -0.1) is 0 Å². The third kappa shape index (κ3) is 5.11. The van der Waals surface area contributed by atoms with Crippen molar-refractivity contribution in [2.45, 2.75) is 26.4 Å². The van der Waals surface area contributed by atoms with Crippen molar-refractivity contribution in [3.05, 3.63) is 42.9 Å². The number of furan rings is 1. The highest BCUT2D eigenvalue weighted by Gasteiger charge is 2.14. The number of ether oxygens (including phenoxy) is 1. The van der Waals surface area contributed by atoms with E-state index < -0.39 is 6.10 Å². The Morgan fingerprint density at radius 1 is 1.33 bits per heavy atom. The van der Waals surface area contributed by atoms with Crippen molar-refractivity contribution in [2.75, 3.05) is 19.7 Å². The second-order valence-electron chi connectivity index (χ2n) is 5.40. The summed E-state index contributed by atoms with van der Waals surface area (Å²) in [5.41, 5.74) is 4.57. The summed E-state index contributed by atoms with van der Waals surface area (Å²) in [4.78, 5) is 11.4. The van der Waals surface area contributed by atoms with Crippen molar-refractivity contribution in [1.82, 2.24) is 10.4 Å². The van der Waals surface area contributed by atoms with Crippen LogP contribution in [0.1, 0.15) is 20.3 Å². The van der Waals surface area contributed by atoms with Crippen molar-refractivity contribution in [3.8, 4) is 16.9 Å². The number of carbonyl (C=O) groups is 1. The van der Waals surface area contributed by atoms with Crippen LogP contribution in [0.5, 0.6) is 5.75 Å². The van der Waals surface area contributed by atoms with Crippen LogP contribution >= 0.6 is 0 Å². The van der Waals surface area contributed by atoms with E-state index in [4.69, 9.17) is 9.15 Å². The monoisotopic (exact) mass is 332 g/mol. The van der Waals surface area contributed by atoms with Gasteiger partial charge in [0.2, 0.25) is 5.91 Å². The molecule has 0 radical (unpaired) electrons. The number of amides is 1. The van der Waals surface area contributed by atoms with Gasteiger partial charge >= 0.3 is 0 Å². The topological polar surface area (TPSA) is 74.9 Å². The molecule has 1 heterocycles. The third-order valence-electron chi connectivity index (χ3n) is 3.57. The number of hydrazine groups is 1. The Labute approximate surface area is 142 Å². The number of carbonyl (C=O) groups excluding carboxylic acids is 1. The molecule has 1 aromatic carbocycles. The highest BCUT2D eigenvalue weighted by Crippen LogP contribution is 2.30. The van der Waals surface area contributed by atoms with Crippen LogP contribution in [0.2, 0.25) is 0 Å². The summed E-state index contributed by atoms with van der Waals surface area (Å²) < 4.78 is 10.9. The van der Waals surface area contributed by atoms with Crippen LogP contribution in [-0.2, 0) is 4.79 Å². The first kappa shape index (κ1) is 18.0. The zero-order valence-electron chi connectivity index (χ0n) is 14.1. The van der Waals surface area contributed by atoms with E-state index in [0.717, 1.165) is 11.1 Å². The number of hydrogen-bond acceptors (Lipinski definition) is 5. The molecule has 0 fully saturated rings. The maximum Gasteiger partial charge on any atom is 0.233 e. The standard InChI is InChI=1S/C18H24N2O4/c1-3-18(22)19-20(4-2)11-15(21)13-24-17-8-6-5-7-16(17)14-9-10-23-12-14/h5-10,12,15,21H,3-4,11,13H2,1-2H3,(H,19,22). The Morgan fingerprint density at radius 3 is 2.79 bits per heavy atom. The number of nitrogens with zero attached hydrogens (tertiary/aromatic N) is 1. The van der Waals surface area contributed by atoms with Gasteiger partial charge in [0.15, 0.2) is 0 Å². The molecule has 24 heavy (non-hydrogen) atoms. The van der Waals surface area contributed by atoms with Gasteiger partial charge in [-0.3, -0.25) is 10.2 Å².